The average molecular weight is 338 g/mol. The minimum Gasteiger partial charge on any atom is -0.477 e. The first-order valence-corrected chi connectivity index (χ1v) is 7.54. The van der Waals surface area contributed by atoms with E-state index in [4.69, 9.17) is 16.3 Å². The Hall–Kier alpha value is -2.42. The second kappa shape index (κ2) is 6.37. The fraction of sp³-hybridized carbons (Fsp3) is 0.462. The summed E-state index contributed by atoms with van der Waals surface area (Å²) in [6, 6.07) is 0. The predicted octanol–water partition coefficient (Wildman–Crippen LogP) is 0.818. The maximum Gasteiger partial charge on any atom is 0.291 e. The number of carbonyl (C=O) groups excluding carboxylic acids is 1. The quantitative estimate of drug-likeness (QED) is 0.862. The number of carbonyl (C=O) groups is 1. The molecule has 0 spiro atoms. The van der Waals surface area contributed by atoms with Gasteiger partial charge in [-0.05, 0) is 6.92 Å². The second-order valence-corrected chi connectivity index (χ2v) is 5.36. The van der Waals surface area contributed by atoms with Gasteiger partial charge in [-0.2, -0.15) is 4.98 Å². The van der Waals surface area contributed by atoms with Gasteiger partial charge >= 0.3 is 0 Å². The van der Waals surface area contributed by atoms with E-state index >= 15 is 0 Å². The lowest BCUT2D eigenvalue weighted by Gasteiger charge is -2.23. The van der Waals surface area contributed by atoms with Crippen LogP contribution in [-0.4, -0.2) is 55.7 Å². The van der Waals surface area contributed by atoms with E-state index in [1.807, 2.05) is 6.92 Å². The SMILES string of the molecule is CCOc1nc(NCc2nnc3n2CCN(C)C3=O)ncc1Cl. The molecule has 122 valence electrons. The molecule has 0 atom stereocenters. The van der Waals surface area contributed by atoms with E-state index in [1.54, 1.807) is 16.5 Å². The molecule has 2 aromatic heterocycles. The lowest BCUT2D eigenvalue weighted by molar-refractivity contribution is 0.0740. The maximum atomic E-state index is 12.0. The highest BCUT2D eigenvalue weighted by Gasteiger charge is 2.26. The Morgan fingerprint density at radius 2 is 2.22 bits per heavy atom. The summed E-state index contributed by atoms with van der Waals surface area (Å²) in [5.41, 5.74) is 0. The smallest absolute Gasteiger partial charge is 0.291 e. The van der Waals surface area contributed by atoms with Crippen LogP contribution in [0.15, 0.2) is 6.20 Å². The number of ether oxygens (including phenoxy) is 1. The number of hydrogen-bond donors (Lipinski definition) is 1. The number of nitrogens with one attached hydrogen (secondary N) is 1. The van der Waals surface area contributed by atoms with Crippen LogP contribution >= 0.6 is 11.6 Å². The topological polar surface area (TPSA) is 98.1 Å². The Morgan fingerprint density at radius 3 is 3.00 bits per heavy atom. The third-order valence-corrected chi connectivity index (χ3v) is 3.68. The molecule has 0 unspecified atom stereocenters. The standard InChI is InChI=1S/C13H16ClN7O2/c1-3-23-11-8(14)6-15-13(17-11)16-7-9-18-19-10-12(22)20(2)4-5-21(9)10/h6H,3-5,7H2,1-2H3,(H,15,16,17). The summed E-state index contributed by atoms with van der Waals surface area (Å²) in [6.07, 6.45) is 1.47. The molecule has 3 rings (SSSR count). The molecule has 3 heterocycles. The molecular weight excluding hydrogens is 322 g/mol. The van der Waals surface area contributed by atoms with Crippen LogP contribution in [0, 0.1) is 0 Å². The Morgan fingerprint density at radius 1 is 1.39 bits per heavy atom. The van der Waals surface area contributed by atoms with E-state index in [9.17, 15) is 4.79 Å². The molecular formula is C13H16ClN7O2. The van der Waals surface area contributed by atoms with Gasteiger partial charge in [0.25, 0.3) is 5.91 Å². The van der Waals surface area contributed by atoms with E-state index in [2.05, 4.69) is 25.5 Å². The first kappa shape index (κ1) is 15.5. The highest BCUT2D eigenvalue weighted by atomic mass is 35.5. The van der Waals surface area contributed by atoms with Gasteiger partial charge in [-0.25, -0.2) is 4.98 Å². The van der Waals surface area contributed by atoms with Gasteiger partial charge in [0.05, 0.1) is 19.3 Å². The Bertz CT molecular complexity index is 733. The number of anilines is 1. The number of halogens is 1. The Balaban J connectivity index is 1.73. The van der Waals surface area contributed by atoms with Crippen LogP contribution in [0.25, 0.3) is 0 Å². The number of rotatable bonds is 5. The van der Waals surface area contributed by atoms with Crippen molar-refractivity contribution in [3.05, 3.63) is 22.9 Å². The molecule has 1 N–H and O–H groups in total. The van der Waals surface area contributed by atoms with E-state index < -0.39 is 0 Å². The summed E-state index contributed by atoms with van der Waals surface area (Å²) >= 11 is 5.95. The van der Waals surface area contributed by atoms with Crippen molar-refractivity contribution in [1.82, 2.24) is 29.6 Å². The molecule has 1 amide bonds. The zero-order chi connectivity index (χ0) is 16.4. The number of hydrogen-bond acceptors (Lipinski definition) is 7. The monoisotopic (exact) mass is 337 g/mol. The fourth-order valence-electron chi connectivity index (χ4n) is 2.21. The van der Waals surface area contributed by atoms with Crippen molar-refractivity contribution in [3.63, 3.8) is 0 Å². The van der Waals surface area contributed by atoms with E-state index in [1.165, 1.54) is 6.20 Å². The molecule has 0 saturated carbocycles. The van der Waals surface area contributed by atoms with Crippen molar-refractivity contribution < 1.29 is 9.53 Å². The minimum absolute atomic E-state index is 0.128. The van der Waals surface area contributed by atoms with Crippen molar-refractivity contribution in [1.29, 1.82) is 0 Å². The maximum absolute atomic E-state index is 12.0. The highest BCUT2D eigenvalue weighted by Crippen LogP contribution is 2.22. The zero-order valence-corrected chi connectivity index (χ0v) is 13.5. The van der Waals surface area contributed by atoms with Gasteiger partial charge in [0, 0.05) is 20.1 Å². The molecule has 1 aliphatic heterocycles. The van der Waals surface area contributed by atoms with Gasteiger partial charge in [-0.15, -0.1) is 10.2 Å². The number of likely N-dealkylation sites (N-methyl/N-ethyl adjacent to an activating group) is 1. The summed E-state index contributed by atoms with van der Waals surface area (Å²) in [6.45, 7) is 3.94. The highest BCUT2D eigenvalue weighted by molar-refractivity contribution is 6.31. The van der Waals surface area contributed by atoms with Gasteiger partial charge < -0.3 is 19.5 Å². The molecule has 0 radical (unpaired) electrons. The summed E-state index contributed by atoms with van der Waals surface area (Å²) in [7, 11) is 1.75. The molecule has 0 aromatic carbocycles. The van der Waals surface area contributed by atoms with Gasteiger partial charge in [0.15, 0.2) is 5.82 Å². The van der Waals surface area contributed by atoms with Crippen molar-refractivity contribution in [2.75, 3.05) is 25.5 Å². The third kappa shape index (κ3) is 3.04. The number of amides is 1. The number of nitrogens with zero attached hydrogens (tertiary/aromatic N) is 6. The largest absolute Gasteiger partial charge is 0.477 e. The minimum atomic E-state index is -0.128. The average Bonchev–Trinajstić information content (AvgIpc) is 2.96. The first-order valence-electron chi connectivity index (χ1n) is 7.17. The van der Waals surface area contributed by atoms with Crippen LogP contribution < -0.4 is 10.1 Å². The van der Waals surface area contributed by atoms with Crippen LogP contribution in [-0.2, 0) is 13.1 Å². The summed E-state index contributed by atoms with van der Waals surface area (Å²) in [4.78, 5) is 21.9. The molecule has 23 heavy (non-hydrogen) atoms. The van der Waals surface area contributed by atoms with Crippen molar-refractivity contribution in [3.8, 4) is 5.88 Å². The van der Waals surface area contributed by atoms with E-state index in [-0.39, 0.29) is 5.91 Å². The molecule has 10 heteroatoms. The number of aromatic nitrogens is 5. The Labute approximate surface area is 137 Å². The molecule has 9 nitrogen and oxygen atoms in total. The molecule has 0 saturated heterocycles. The van der Waals surface area contributed by atoms with Crippen molar-refractivity contribution in [2.45, 2.75) is 20.0 Å². The lowest BCUT2D eigenvalue weighted by atomic mass is 10.3. The molecule has 2 aromatic rings. The van der Waals surface area contributed by atoms with Crippen molar-refractivity contribution >= 4 is 23.5 Å². The zero-order valence-electron chi connectivity index (χ0n) is 12.8. The van der Waals surface area contributed by atoms with Gasteiger partial charge in [0.2, 0.25) is 17.7 Å². The Kier molecular flexibility index (Phi) is 4.28. The fourth-order valence-corrected chi connectivity index (χ4v) is 2.36. The predicted molar refractivity (Wildman–Crippen MR) is 82.5 cm³/mol. The van der Waals surface area contributed by atoms with Crippen molar-refractivity contribution in [2.24, 2.45) is 0 Å². The van der Waals surface area contributed by atoms with E-state index in [0.29, 0.717) is 54.7 Å². The normalized spacial score (nSPS) is 13.9. The van der Waals surface area contributed by atoms with Crippen LogP contribution in [0.3, 0.4) is 0 Å². The molecule has 0 bridgehead atoms. The third-order valence-electron chi connectivity index (χ3n) is 3.42. The lowest BCUT2D eigenvalue weighted by Crippen LogP contribution is -2.38. The van der Waals surface area contributed by atoms with E-state index in [0.717, 1.165) is 0 Å². The van der Waals surface area contributed by atoms with Crippen LogP contribution in [0.1, 0.15) is 23.4 Å². The summed E-state index contributed by atoms with van der Waals surface area (Å²) < 4.78 is 7.12. The van der Waals surface area contributed by atoms with Crippen LogP contribution in [0.4, 0.5) is 5.95 Å². The number of fused-ring (bicyclic) bond motifs is 1. The molecule has 0 aliphatic carbocycles. The van der Waals surface area contributed by atoms with Crippen LogP contribution in [0.5, 0.6) is 5.88 Å². The summed E-state index contributed by atoms with van der Waals surface area (Å²) in [5.74, 6) is 1.57. The second-order valence-electron chi connectivity index (χ2n) is 4.95. The first-order chi connectivity index (χ1) is 11.1. The summed E-state index contributed by atoms with van der Waals surface area (Å²) in [5, 5.41) is 11.4. The van der Waals surface area contributed by atoms with Gasteiger partial charge in [-0.1, -0.05) is 11.6 Å². The van der Waals surface area contributed by atoms with Gasteiger partial charge in [-0.3, -0.25) is 4.79 Å². The van der Waals surface area contributed by atoms with Crippen LogP contribution in [0.2, 0.25) is 5.02 Å². The molecule has 0 fully saturated rings. The van der Waals surface area contributed by atoms with Gasteiger partial charge in [0.1, 0.15) is 5.02 Å². The molecule has 1 aliphatic rings.